The lowest BCUT2D eigenvalue weighted by Gasteiger charge is -2.62. The van der Waals surface area contributed by atoms with Gasteiger partial charge >= 0.3 is 35.8 Å². The van der Waals surface area contributed by atoms with Gasteiger partial charge in [0.15, 0.2) is 6.61 Å². The van der Waals surface area contributed by atoms with Crippen LogP contribution in [0.1, 0.15) is 372 Å². The quantitative estimate of drug-likeness (QED) is 0.0737. The van der Waals surface area contributed by atoms with E-state index in [2.05, 4.69) is 20.8 Å². The van der Waals surface area contributed by atoms with Crippen LogP contribution in [-0.4, -0.2) is 116 Å². The minimum absolute atomic E-state index is 0. The average Bonchev–Trinajstić information content (AvgIpc) is 1.61. The zero-order valence-corrected chi connectivity index (χ0v) is 60.5. The van der Waals surface area contributed by atoms with Crippen LogP contribution < -0.4 is 0 Å². The maximum atomic E-state index is 12.6. The van der Waals surface area contributed by atoms with E-state index in [1.165, 1.54) is 56.3 Å². The van der Waals surface area contributed by atoms with Gasteiger partial charge in [-0.1, -0.05) is 149 Å². The summed E-state index contributed by atoms with van der Waals surface area (Å²) in [5.74, 6) is 2.73. The highest BCUT2D eigenvalue weighted by atomic mass is 16.6. The predicted octanol–water partition coefficient (Wildman–Crippen LogP) is 20.6. The van der Waals surface area contributed by atoms with E-state index in [9.17, 15) is 48.6 Å². The maximum absolute atomic E-state index is 12.6. The van der Waals surface area contributed by atoms with Gasteiger partial charge in [0.2, 0.25) is 11.8 Å². The van der Waals surface area contributed by atoms with Crippen LogP contribution in [0.15, 0.2) is 0 Å². The first kappa shape index (κ1) is 103. The summed E-state index contributed by atoms with van der Waals surface area (Å²) in [5.41, 5.74) is -4.78. The summed E-state index contributed by atoms with van der Waals surface area (Å²) in [6.07, 6.45) is 26.0. The van der Waals surface area contributed by atoms with Crippen LogP contribution in [0.4, 0.5) is 0 Å². The molecule has 2 heterocycles. The molecule has 2 saturated heterocycles. The Morgan fingerprint density at radius 1 is 0.495 bits per heavy atom. The number of hydrogen-bond donors (Lipinski definition) is 2. The second-order valence-corrected chi connectivity index (χ2v) is 34.8. The van der Waals surface area contributed by atoms with Crippen molar-refractivity contribution in [1.29, 1.82) is 0 Å². The Balaban J connectivity index is -0.00000119. The molecule has 0 aromatic rings. The lowest BCUT2D eigenvalue weighted by molar-refractivity contribution is -0.264. The molecule has 0 radical (unpaired) electrons. The highest BCUT2D eigenvalue weighted by Gasteiger charge is 2.66. The zero-order valence-electron chi connectivity index (χ0n) is 60.5. The van der Waals surface area contributed by atoms with Crippen molar-refractivity contribution in [2.45, 2.75) is 418 Å². The lowest BCUT2D eigenvalue weighted by atomic mass is 9.49. The van der Waals surface area contributed by atoms with E-state index in [1.807, 2.05) is 83.1 Å². The number of amides is 2. The smallest absolute Gasteiger partial charge is 0.344 e. The summed E-state index contributed by atoms with van der Waals surface area (Å²) in [5, 5.41) is 21.3. The van der Waals surface area contributed by atoms with Crippen molar-refractivity contribution in [3.05, 3.63) is 0 Å². The second kappa shape index (κ2) is 38.8. The number of ether oxygens (including phenoxy) is 6. The molecule has 12 aliphatic carbocycles. The van der Waals surface area contributed by atoms with Gasteiger partial charge in [0, 0.05) is 36.5 Å². The van der Waals surface area contributed by atoms with Crippen molar-refractivity contribution >= 4 is 47.6 Å². The third-order valence-corrected chi connectivity index (χ3v) is 26.1. The molecule has 17 heteroatoms. The lowest BCUT2D eigenvalue weighted by Crippen LogP contribution is -2.67. The van der Waals surface area contributed by atoms with Gasteiger partial charge in [0.05, 0.1) is 50.7 Å². The molecule has 2 N–H and O–H groups in total. The molecule has 12 saturated carbocycles. The molecule has 9 atom stereocenters. The summed E-state index contributed by atoms with van der Waals surface area (Å²) in [6.45, 7) is 33.1. The number of fused-ring (bicyclic) bond motifs is 2. The van der Waals surface area contributed by atoms with E-state index in [0.29, 0.717) is 37.5 Å². The molecule has 2 amide bonds. The first-order valence-electron chi connectivity index (χ1n) is 36.9. The highest BCUT2D eigenvalue weighted by Crippen LogP contribution is 2.63. The Morgan fingerprint density at radius 3 is 1.40 bits per heavy atom. The van der Waals surface area contributed by atoms with E-state index in [0.717, 1.165) is 115 Å². The molecule has 608 valence electrons. The maximum Gasteiger partial charge on any atom is 0.344 e. The van der Waals surface area contributed by atoms with Gasteiger partial charge in [-0.05, 0) is 233 Å². The third kappa shape index (κ3) is 21.6. The summed E-state index contributed by atoms with van der Waals surface area (Å²) in [7, 11) is 0. The van der Waals surface area contributed by atoms with Gasteiger partial charge in [-0.25, -0.2) is 4.79 Å². The van der Waals surface area contributed by atoms with Crippen LogP contribution in [0.25, 0.3) is 0 Å². The van der Waals surface area contributed by atoms with Crippen LogP contribution in [0, 0.1) is 80.3 Å². The number of carbonyl (C=O) groups excluding carboxylic acids is 8. The van der Waals surface area contributed by atoms with Crippen molar-refractivity contribution in [3.8, 4) is 0 Å². The van der Waals surface area contributed by atoms with Crippen LogP contribution in [0.2, 0.25) is 0 Å². The van der Waals surface area contributed by atoms with Crippen molar-refractivity contribution in [2.24, 2.45) is 80.3 Å². The SMILES string of the molecule is C.C.C.C.C.C.C.C.C.C.CCC(C)(C)C(=O)N1C(=O)C2CCCC21.CCC(C)(C)C(=O)OC1(CC)C2CC3CC(C2)CC1C3.CCC(C)(C)C(=O)OC12CC3CC(O)(CC(O)(C3)C1)C2.CCC(C)(C)C(=O)OCC(=O)OC1C2CC3C(=O)OC1C3C2.CCC1(OC(=O)C(C)(C)CC)CCCCC1. The van der Waals surface area contributed by atoms with Crippen LogP contribution in [0.3, 0.4) is 0 Å². The Morgan fingerprint density at radius 2 is 0.951 bits per heavy atom. The van der Waals surface area contributed by atoms with Crippen molar-refractivity contribution in [3.63, 3.8) is 0 Å². The van der Waals surface area contributed by atoms with Gasteiger partial charge in [-0.2, -0.15) is 0 Å². The first-order chi connectivity index (χ1) is 43.3. The molecule has 103 heavy (non-hydrogen) atoms. The number of rotatable bonds is 18. The normalized spacial score (nSPS) is 32.5. The third-order valence-electron chi connectivity index (χ3n) is 26.1. The van der Waals surface area contributed by atoms with Crippen LogP contribution in [0.5, 0.6) is 0 Å². The number of esters is 6. The Kier molecular flexibility index (Phi) is 38.8. The topological polar surface area (TPSA) is 236 Å². The van der Waals surface area contributed by atoms with Crippen molar-refractivity contribution < 1.29 is 77.0 Å². The number of nitrogens with zero attached hydrogens (tertiary/aromatic N) is 1. The number of β-lactam (4-membered cyclic amide) rings is 1. The highest BCUT2D eigenvalue weighted by molar-refractivity contribution is 6.04. The molecule has 0 spiro atoms. The number of imide groups is 1. The molecule has 0 aromatic carbocycles. The largest absolute Gasteiger partial charge is 0.459 e. The van der Waals surface area contributed by atoms with E-state index in [4.69, 9.17) is 28.4 Å². The van der Waals surface area contributed by atoms with E-state index in [1.54, 1.807) is 13.8 Å². The first-order valence-corrected chi connectivity index (χ1v) is 36.9. The monoisotopic (exact) mass is 1470 g/mol. The Hall–Kier alpha value is -4.12. The molecule has 0 aromatic heterocycles. The Bertz CT molecular complexity index is 2690. The van der Waals surface area contributed by atoms with E-state index in [-0.39, 0.29) is 192 Å². The van der Waals surface area contributed by atoms with Crippen molar-refractivity contribution in [1.82, 2.24) is 4.90 Å². The molecule has 17 nitrogen and oxygen atoms in total. The predicted molar refractivity (Wildman–Crippen MR) is 419 cm³/mol. The van der Waals surface area contributed by atoms with Gasteiger partial charge in [-0.3, -0.25) is 38.5 Å². The standard InChI is InChI=1S/C18H30O2.C16H22O6.C16H26O4.C14H26O2.C12H19NO2.10CH4/c1-5-17(3,4)16(19)20-18(6-2)14-8-12-7-13(10-14)11-15(18)9-12;1-4-16(2,3)15(19)20-7-11(17)21-12-8-5-9-10(6-8)14(18)22-13(9)12;1-4-13(2,3)12(17)20-16-7-11-5-14(18,9-16)8-15(19,6-11)10-16;1-5-13(3,4)12(15)16-14(6-2)10-8-7-9-11-14;1-4-12(2,3)11(15)13-9-7-5-6-8(9)10(13)14;;;;;;;;;;/h12-15H,5-11H2,1-4H3;8-10,12-13H,4-7H2,1-3H3;11,18-19H,4-10H2,1-3H3;5-11H2,1-4H3;8-9H,4-7H2,1-3H3;10*1H4. The summed E-state index contributed by atoms with van der Waals surface area (Å²) < 4.78 is 33.8. The van der Waals surface area contributed by atoms with Gasteiger partial charge in [0.25, 0.3) is 0 Å². The molecule has 10 bridgehead atoms. The Labute approximate surface area is 631 Å². The molecular formula is C86H163NO16. The van der Waals surface area contributed by atoms with Gasteiger partial charge in [-0.15, -0.1) is 0 Å². The van der Waals surface area contributed by atoms with Crippen LogP contribution in [-0.2, 0) is 66.8 Å². The minimum atomic E-state index is -0.842. The molecule has 14 rings (SSSR count). The fraction of sp³-hybridized carbons (Fsp3) is 0.907. The molecule has 9 unspecified atom stereocenters. The average molecular weight is 1470 g/mol. The summed E-state index contributed by atoms with van der Waals surface area (Å²) >= 11 is 0. The van der Waals surface area contributed by atoms with E-state index >= 15 is 0 Å². The number of likely N-dealkylation sites (tertiary alicyclic amines) is 1. The fourth-order valence-electron chi connectivity index (χ4n) is 18.5. The number of aliphatic hydroxyl groups is 2. The molecular weight excluding hydrogens is 1300 g/mol. The van der Waals surface area contributed by atoms with Crippen molar-refractivity contribution in [2.75, 3.05) is 6.61 Å². The molecule has 14 fully saturated rings. The number of hydrogen-bond acceptors (Lipinski definition) is 16. The van der Waals surface area contributed by atoms with Gasteiger partial charge < -0.3 is 38.6 Å². The minimum Gasteiger partial charge on any atom is -0.459 e. The van der Waals surface area contributed by atoms with Crippen LogP contribution >= 0.6 is 0 Å². The summed E-state index contributed by atoms with van der Waals surface area (Å²) in [6, 6.07) is 0.232. The van der Waals surface area contributed by atoms with E-state index < -0.39 is 39.6 Å². The number of carbonyl (C=O) groups is 8. The van der Waals surface area contributed by atoms with Gasteiger partial charge in [0.1, 0.15) is 29.0 Å². The fourth-order valence-corrected chi connectivity index (χ4v) is 18.5. The molecule has 2 aliphatic heterocycles. The summed E-state index contributed by atoms with van der Waals surface area (Å²) in [4.78, 5) is 98.0. The second-order valence-electron chi connectivity index (χ2n) is 34.8. The zero-order chi connectivity index (χ0) is 68.9. The molecule has 14 aliphatic rings.